The van der Waals surface area contributed by atoms with Crippen LogP contribution in [0.25, 0.3) is 0 Å². The molecule has 0 fully saturated rings. The minimum atomic E-state index is -0.319. The maximum atomic E-state index is 11.4. The molecular weight excluding hydrogens is 242 g/mol. The molecule has 2 rings (SSSR count). The summed E-state index contributed by atoms with van der Waals surface area (Å²) in [5.41, 5.74) is 4.73. The molecule has 2 aromatic rings. The van der Waals surface area contributed by atoms with Gasteiger partial charge in [0.2, 0.25) is 0 Å². The van der Waals surface area contributed by atoms with Gasteiger partial charge in [-0.1, -0.05) is 0 Å². The van der Waals surface area contributed by atoms with Crippen LogP contribution in [-0.2, 0) is 11.3 Å². The van der Waals surface area contributed by atoms with Crippen molar-refractivity contribution in [3.8, 4) is 0 Å². The van der Waals surface area contributed by atoms with E-state index in [1.54, 1.807) is 12.3 Å². The van der Waals surface area contributed by atoms with Crippen LogP contribution in [0.1, 0.15) is 27.2 Å². The number of aromatic amines is 1. The number of esters is 1. The monoisotopic (exact) mass is 259 g/mol. The molecule has 0 aliphatic rings. The van der Waals surface area contributed by atoms with Gasteiger partial charge in [0, 0.05) is 23.5 Å². The Hall–Kier alpha value is -2.30. The average Bonchev–Trinajstić information content (AvgIpc) is 2.82. The maximum absolute atomic E-state index is 11.4. The Morgan fingerprint density at radius 2 is 2.21 bits per heavy atom. The first kappa shape index (κ1) is 13.1. The lowest BCUT2D eigenvalue weighted by Crippen LogP contribution is -2.05. The standard InChI is InChI=1S/C14H17N3O2/c1-9-6-11(14(18)19-3)4-5-13(9)15-7-12-8-16-17-10(12)2/h4-6,8,15H,7H2,1-3H3,(H,16,17). The van der Waals surface area contributed by atoms with E-state index in [1.165, 1.54) is 7.11 Å². The molecule has 1 aromatic heterocycles. The van der Waals surface area contributed by atoms with Gasteiger partial charge >= 0.3 is 5.97 Å². The highest BCUT2D eigenvalue weighted by atomic mass is 16.5. The minimum absolute atomic E-state index is 0.319. The molecule has 0 saturated heterocycles. The molecule has 1 aromatic carbocycles. The number of aromatic nitrogens is 2. The zero-order valence-electron chi connectivity index (χ0n) is 11.3. The molecule has 0 aliphatic carbocycles. The van der Waals surface area contributed by atoms with Gasteiger partial charge in [0.15, 0.2) is 0 Å². The Labute approximate surface area is 112 Å². The molecule has 0 bridgehead atoms. The Morgan fingerprint density at radius 1 is 1.42 bits per heavy atom. The number of methoxy groups -OCH3 is 1. The first-order valence-corrected chi connectivity index (χ1v) is 6.03. The van der Waals surface area contributed by atoms with E-state index in [0.29, 0.717) is 12.1 Å². The molecule has 0 atom stereocenters. The van der Waals surface area contributed by atoms with Crippen LogP contribution in [0.5, 0.6) is 0 Å². The zero-order valence-corrected chi connectivity index (χ0v) is 11.3. The number of benzene rings is 1. The molecule has 1 heterocycles. The molecular formula is C14H17N3O2. The second kappa shape index (κ2) is 5.56. The van der Waals surface area contributed by atoms with Gasteiger partial charge in [-0.3, -0.25) is 5.10 Å². The van der Waals surface area contributed by atoms with Gasteiger partial charge in [-0.05, 0) is 37.6 Å². The summed E-state index contributed by atoms with van der Waals surface area (Å²) in [7, 11) is 1.38. The fourth-order valence-electron chi connectivity index (χ4n) is 1.85. The molecule has 0 aliphatic heterocycles. The van der Waals surface area contributed by atoms with Crippen LogP contribution < -0.4 is 5.32 Å². The lowest BCUT2D eigenvalue weighted by Gasteiger charge is -2.10. The summed E-state index contributed by atoms with van der Waals surface area (Å²) in [4.78, 5) is 11.4. The van der Waals surface area contributed by atoms with Crippen molar-refractivity contribution < 1.29 is 9.53 Å². The number of hydrogen-bond acceptors (Lipinski definition) is 4. The Bertz CT molecular complexity index is 590. The van der Waals surface area contributed by atoms with E-state index < -0.39 is 0 Å². The summed E-state index contributed by atoms with van der Waals surface area (Å²) in [6.07, 6.45) is 1.81. The highest BCUT2D eigenvalue weighted by molar-refractivity contribution is 5.90. The van der Waals surface area contributed by atoms with Crippen molar-refractivity contribution >= 4 is 11.7 Å². The van der Waals surface area contributed by atoms with E-state index in [1.807, 2.05) is 26.0 Å². The second-order valence-corrected chi connectivity index (χ2v) is 4.40. The van der Waals surface area contributed by atoms with Crippen molar-refractivity contribution in [1.82, 2.24) is 10.2 Å². The topological polar surface area (TPSA) is 67.0 Å². The summed E-state index contributed by atoms with van der Waals surface area (Å²) in [5, 5.41) is 10.2. The van der Waals surface area contributed by atoms with E-state index in [9.17, 15) is 4.79 Å². The van der Waals surface area contributed by atoms with Crippen LogP contribution >= 0.6 is 0 Å². The van der Waals surface area contributed by atoms with Gasteiger partial charge in [-0.25, -0.2) is 4.79 Å². The predicted molar refractivity (Wildman–Crippen MR) is 73.2 cm³/mol. The largest absolute Gasteiger partial charge is 0.465 e. The molecule has 5 heteroatoms. The van der Waals surface area contributed by atoms with Crippen molar-refractivity contribution in [1.29, 1.82) is 0 Å². The van der Waals surface area contributed by atoms with Crippen LogP contribution in [0.4, 0.5) is 5.69 Å². The fourth-order valence-corrected chi connectivity index (χ4v) is 1.85. The van der Waals surface area contributed by atoms with Crippen molar-refractivity contribution in [2.45, 2.75) is 20.4 Å². The van der Waals surface area contributed by atoms with Gasteiger partial charge in [-0.15, -0.1) is 0 Å². The van der Waals surface area contributed by atoms with E-state index in [-0.39, 0.29) is 5.97 Å². The lowest BCUT2D eigenvalue weighted by molar-refractivity contribution is 0.0600. The normalized spacial score (nSPS) is 10.3. The van der Waals surface area contributed by atoms with Crippen LogP contribution in [0.15, 0.2) is 24.4 Å². The molecule has 2 N–H and O–H groups in total. The Balaban J connectivity index is 2.09. The number of nitrogens with one attached hydrogen (secondary N) is 2. The molecule has 0 unspecified atom stereocenters. The van der Waals surface area contributed by atoms with Crippen molar-refractivity contribution in [3.63, 3.8) is 0 Å². The quantitative estimate of drug-likeness (QED) is 0.827. The van der Waals surface area contributed by atoms with E-state index >= 15 is 0 Å². The number of anilines is 1. The molecule has 0 radical (unpaired) electrons. The van der Waals surface area contributed by atoms with Crippen molar-refractivity contribution in [3.05, 3.63) is 46.8 Å². The number of ether oxygens (including phenoxy) is 1. The van der Waals surface area contributed by atoms with Crippen molar-refractivity contribution in [2.75, 3.05) is 12.4 Å². The van der Waals surface area contributed by atoms with Crippen molar-refractivity contribution in [2.24, 2.45) is 0 Å². The van der Waals surface area contributed by atoms with Crippen LogP contribution in [0.3, 0.4) is 0 Å². The molecule has 5 nitrogen and oxygen atoms in total. The van der Waals surface area contributed by atoms with Gasteiger partial charge in [0.05, 0.1) is 18.9 Å². The smallest absolute Gasteiger partial charge is 0.337 e. The first-order valence-electron chi connectivity index (χ1n) is 6.03. The fraction of sp³-hybridized carbons (Fsp3) is 0.286. The maximum Gasteiger partial charge on any atom is 0.337 e. The summed E-state index contributed by atoms with van der Waals surface area (Å²) in [5.74, 6) is -0.319. The van der Waals surface area contributed by atoms with E-state index in [4.69, 9.17) is 4.74 Å². The number of aryl methyl sites for hydroxylation is 2. The number of rotatable bonds is 4. The van der Waals surface area contributed by atoms with Crippen LogP contribution in [-0.4, -0.2) is 23.3 Å². The second-order valence-electron chi connectivity index (χ2n) is 4.40. The third-order valence-electron chi connectivity index (χ3n) is 3.05. The number of nitrogens with zero attached hydrogens (tertiary/aromatic N) is 1. The van der Waals surface area contributed by atoms with E-state index in [0.717, 1.165) is 22.5 Å². The number of hydrogen-bond donors (Lipinski definition) is 2. The lowest BCUT2D eigenvalue weighted by atomic mass is 10.1. The van der Waals surface area contributed by atoms with Gasteiger partial charge in [-0.2, -0.15) is 5.10 Å². The minimum Gasteiger partial charge on any atom is -0.465 e. The summed E-state index contributed by atoms with van der Waals surface area (Å²) in [6.45, 7) is 4.63. The molecule has 100 valence electrons. The zero-order chi connectivity index (χ0) is 13.8. The van der Waals surface area contributed by atoms with Gasteiger partial charge < -0.3 is 10.1 Å². The molecule has 0 saturated carbocycles. The third kappa shape index (κ3) is 2.93. The summed E-state index contributed by atoms with van der Waals surface area (Å²) in [6, 6.07) is 5.46. The number of H-pyrrole nitrogens is 1. The molecule has 0 spiro atoms. The number of carbonyl (C=O) groups is 1. The summed E-state index contributed by atoms with van der Waals surface area (Å²) < 4.78 is 4.69. The summed E-state index contributed by atoms with van der Waals surface area (Å²) >= 11 is 0. The third-order valence-corrected chi connectivity index (χ3v) is 3.05. The van der Waals surface area contributed by atoms with Gasteiger partial charge in [0.1, 0.15) is 0 Å². The molecule has 0 amide bonds. The van der Waals surface area contributed by atoms with E-state index in [2.05, 4.69) is 15.5 Å². The molecule has 19 heavy (non-hydrogen) atoms. The predicted octanol–water partition coefficient (Wildman–Crippen LogP) is 2.43. The number of carbonyl (C=O) groups excluding carboxylic acids is 1. The Kier molecular flexibility index (Phi) is 3.85. The average molecular weight is 259 g/mol. The van der Waals surface area contributed by atoms with Crippen LogP contribution in [0, 0.1) is 13.8 Å². The van der Waals surface area contributed by atoms with Gasteiger partial charge in [0.25, 0.3) is 0 Å². The van der Waals surface area contributed by atoms with Crippen LogP contribution in [0.2, 0.25) is 0 Å². The highest BCUT2D eigenvalue weighted by Gasteiger charge is 2.08. The Morgan fingerprint density at radius 3 is 2.79 bits per heavy atom. The SMILES string of the molecule is COC(=O)c1ccc(NCc2cn[nH]c2C)c(C)c1. The first-order chi connectivity index (χ1) is 9.11. The highest BCUT2D eigenvalue weighted by Crippen LogP contribution is 2.18.